The van der Waals surface area contributed by atoms with Crippen LogP contribution in [-0.2, 0) is 27.2 Å². The Morgan fingerprint density at radius 1 is 1.12 bits per heavy atom. The third kappa shape index (κ3) is 4.34. The highest BCUT2D eigenvalue weighted by atomic mass is 16.6. The quantitative estimate of drug-likeness (QED) is 0.455. The van der Waals surface area contributed by atoms with Crippen LogP contribution in [0.15, 0.2) is 42.7 Å². The van der Waals surface area contributed by atoms with Gasteiger partial charge in [0.2, 0.25) is 5.95 Å². The van der Waals surface area contributed by atoms with Crippen molar-refractivity contribution in [1.29, 1.82) is 0 Å². The summed E-state index contributed by atoms with van der Waals surface area (Å²) in [6.45, 7) is 6.80. The zero-order valence-electron chi connectivity index (χ0n) is 18.7. The van der Waals surface area contributed by atoms with E-state index in [0.717, 1.165) is 35.1 Å². The summed E-state index contributed by atoms with van der Waals surface area (Å²) in [7, 11) is 1.33. The molecule has 3 aromatic rings. The number of carbonyl (C=O) groups excluding carboxylic acids is 2. The summed E-state index contributed by atoms with van der Waals surface area (Å²) in [6.07, 6.45) is 6.61. The van der Waals surface area contributed by atoms with Crippen LogP contribution in [0.25, 0.3) is 17.0 Å². The van der Waals surface area contributed by atoms with Gasteiger partial charge in [0.15, 0.2) is 0 Å². The standard InChI is InChI=1S/C24H26N4O4/c1-24(2,3)32-23(30)28-19-8-6-5-7-17(19)18-11-12-27(15-20(18)28)22-25-13-16(14-26-22)9-10-21(29)31-4/h5-10,13-14H,11-12,15H2,1-4H3/b10-9+. The molecule has 0 bridgehead atoms. The number of fused-ring (bicyclic) bond motifs is 3. The molecule has 0 unspecified atom stereocenters. The number of anilines is 1. The van der Waals surface area contributed by atoms with E-state index >= 15 is 0 Å². The first-order chi connectivity index (χ1) is 15.3. The van der Waals surface area contributed by atoms with Crippen LogP contribution in [0.3, 0.4) is 0 Å². The number of carbonyl (C=O) groups is 2. The van der Waals surface area contributed by atoms with Gasteiger partial charge in [-0.05, 0) is 44.9 Å². The first-order valence-electron chi connectivity index (χ1n) is 10.4. The first-order valence-corrected chi connectivity index (χ1v) is 10.4. The minimum absolute atomic E-state index is 0.388. The van der Waals surface area contributed by atoms with Crippen molar-refractivity contribution >= 4 is 35.0 Å². The molecule has 1 aliphatic rings. The molecule has 0 radical (unpaired) electrons. The molecule has 0 atom stereocenters. The van der Waals surface area contributed by atoms with Crippen molar-refractivity contribution in [2.45, 2.75) is 39.3 Å². The van der Waals surface area contributed by atoms with Crippen LogP contribution in [0.4, 0.5) is 10.7 Å². The summed E-state index contributed by atoms with van der Waals surface area (Å²) in [5, 5.41) is 1.07. The van der Waals surface area contributed by atoms with Crippen LogP contribution >= 0.6 is 0 Å². The van der Waals surface area contributed by atoms with Gasteiger partial charge in [0.1, 0.15) is 5.60 Å². The van der Waals surface area contributed by atoms with Gasteiger partial charge < -0.3 is 14.4 Å². The van der Waals surface area contributed by atoms with Crippen LogP contribution in [0.5, 0.6) is 0 Å². The van der Waals surface area contributed by atoms with Crippen molar-refractivity contribution < 1.29 is 19.1 Å². The lowest BCUT2D eigenvalue weighted by molar-refractivity contribution is -0.134. The molecule has 0 fully saturated rings. The fourth-order valence-corrected chi connectivity index (χ4v) is 3.81. The van der Waals surface area contributed by atoms with E-state index in [4.69, 9.17) is 4.74 Å². The Hall–Kier alpha value is -3.68. The van der Waals surface area contributed by atoms with Gasteiger partial charge in [-0.25, -0.2) is 24.1 Å². The number of para-hydroxylation sites is 1. The third-order valence-electron chi connectivity index (χ3n) is 5.19. The van der Waals surface area contributed by atoms with Gasteiger partial charge in [0.05, 0.1) is 24.9 Å². The summed E-state index contributed by atoms with van der Waals surface area (Å²) < 4.78 is 12.0. The maximum Gasteiger partial charge on any atom is 0.419 e. The molecule has 4 rings (SSSR count). The van der Waals surface area contributed by atoms with Crippen molar-refractivity contribution in [3.8, 4) is 0 Å². The second-order valence-electron chi connectivity index (χ2n) is 8.60. The van der Waals surface area contributed by atoms with Crippen molar-refractivity contribution in [1.82, 2.24) is 14.5 Å². The second-order valence-corrected chi connectivity index (χ2v) is 8.60. The molecule has 1 aliphatic heterocycles. The molecule has 0 N–H and O–H groups in total. The molecule has 3 heterocycles. The average Bonchev–Trinajstić information content (AvgIpc) is 3.10. The molecule has 8 nitrogen and oxygen atoms in total. The average molecular weight is 434 g/mol. The maximum absolute atomic E-state index is 13.1. The van der Waals surface area contributed by atoms with Crippen LogP contribution in [0, 0.1) is 0 Å². The lowest BCUT2D eigenvalue weighted by Crippen LogP contribution is -2.35. The smallest absolute Gasteiger partial charge is 0.419 e. The van der Waals surface area contributed by atoms with E-state index < -0.39 is 11.6 Å². The van der Waals surface area contributed by atoms with Crippen molar-refractivity contribution in [3.05, 3.63) is 59.6 Å². The number of esters is 1. The summed E-state index contributed by atoms with van der Waals surface area (Å²) in [5.41, 5.74) is 2.99. The van der Waals surface area contributed by atoms with Crippen LogP contribution in [0.1, 0.15) is 37.6 Å². The fraction of sp³-hybridized carbons (Fsp3) is 0.333. The molecule has 0 saturated carbocycles. The van der Waals surface area contributed by atoms with Crippen molar-refractivity contribution in [3.63, 3.8) is 0 Å². The third-order valence-corrected chi connectivity index (χ3v) is 5.19. The molecule has 0 saturated heterocycles. The molecular weight excluding hydrogens is 408 g/mol. The van der Waals surface area contributed by atoms with E-state index in [9.17, 15) is 9.59 Å². The number of rotatable bonds is 3. The molecule has 166 valence electrons. The second kappa shape index (κ2) is 8.45. The molecule has 0 aliphatic carbocycles. The van der Waals surface area contributed by atoms with Gasteiger partial charge in [-0.3, -0.25) is 0 Å². The summed E-state index contributed by atoms with van der Waals surface area (Å²) >= 11 is 0. The predicted molar refractivity (Wildman–Crippen MR) is 121 cm³/mol. The van der Waals surface area contributed by atoms with Crippen LogP contribution < -0.4 is 4.90 Å². The zero-order valence-corrected chi connectivity index (χ0v) is 18.7. The SMILES string of the molecule is COC(=O)/C=C/c1cnc(N2CCc3c(n(C(=O)OC(C)(C)C)c4ccccc34)C2)nc1. The van der Waals surface area contributed by atoms with Gasteiger partial charge in [-0.1, -0.05) is 18.2 Å². The fourth-order valence-electron chi connectivity index (χ4n) is 3.81. The number of ether oxygens (including phenoxy) is 2. The molecule has 0 spiro atoms. The van der Waals surface area contributed by atoms with E-state index in [1.807, 2.05) is 49.9 Å². The van der Waals surface area contributed by atoms with Gasteiger partial charge in [0, 0.05) is 36.0 Å². The minimum Gasteiger partial charge on any atom is -0.466 e. The number of aromatic nitrogens is 3. The van der Waals surface area contributed by atoms with E-state index in [0.29, 0.717) is 18.1 Å². The summed E-state index contributed by atoms with van der Waals surface area (Å²) in [6, 6.07) is 7.90. The van der Waals surface area contributed by atoms with Gasteiger partial charge in [-0.15, -0.1) is 0 Å². The number of nitrogens with zero attached hydrogens (tertiary/aromatic N) is 4. The van der Waals surface area contributed by atoms with Gasteiger partial charge in [-0.2, -0.15) is 0 Å². The largest absolute Gasteiger partial charge is 0.466 e. The maximum atomic E-state index is 13.1. The highest BCUT2D eigenvalue weighted by molar-refractivity contribution is 5.94. The number of methoxy groups -OCH3 is 1. The Balaban J connectivity index is 1.65. The monoisotopic (exact) mass is 434 g/mol. The number of hydrogen-bond donors (Lipinski definition) is 0. The normalized spacial score (nSPS) is 13.9. The van der Waals surface area contributed by atoms with Crippen molar-refractivity contribution in [2.24, 2.45) is 0 Å². The van der Waals surface area contributed by atoms with E-state index in [2.05, 4.69) is 14.7 Å². The van der Waals surface area contributed by atoms with E-state index in [1.54, 1.807) is 23.0 Å². The first kappa shape index (κ1) is 21.5. The number of benzene rings is 1. The van der Waals surface area contributed by atoms with Gasteiger partial charge >= 0.3 is 12.1 Å². The van der Waals surface area contributed by atoms with E-state index in [-0.39, 0.29) is 6.09 Å². The molecule has 8 heteroatoms. The lowest BCUT2D eigenvalue weighted by Gasteiger charge is -2.28. The minimum atomic E-state index is -0.597. The van der Waals surface area contributed by atoms with Crippen LogP contribution in [0.2, 0.25) is 0 Å². The molecule has 32 heavy (non-hydrogen) atoms. The highest BCUT2D eigenvalue weighted by Gasteiger charge is 2.29. The van der Waals surface area contributed by atoms with E-state index in [1.165, 1.54) is 13.2 Å². The Bertz CT molecular complexity index is 1190. The Labute approximate surface area is 186 Å². The summed E-state index contributed by atoms with van der Waals surface area (Å²) in [4.78, 5) is 35.3. The highest BCUT2D eigenvalue weighted by Crippen LogP contribution is 2.32. The Morgan fingerprint density at radius 2 is 1.84 bits per heavy atom. The molecule has 1 aromatic carbocycles. The Morgan fingerprint density at radius 3 is 2.53 bits per heavy atom. The zero-order chi connectivity index (χ0) is 22.9. The van der Waals surface area contributed by atoms with Gasteiger partial charge in [0.25, 0.3) is 0 Å². The molecule has 0 amide bonds. The summed E-state index contributed by atoms with van der Waals surface area (Å²) in [5.74, 6) is 0.125. The van der Waals surface area contributed by atoms with Crippen molar-refractivity contribution in [2.75, 3.05) is 18.6 Å². The predicted octanol–water partition coefficient (Wildman–Crippen LogP) is 3.96. The van der Waals surface area contributed by atoms with Crippen LogP contribution in [-0.4, -0.2) is 45.9 Å². The Kier molecular flexibility index (Phi) is 5.69. The molecular formula is C24H26N4O4. The molecule has 2 aromatic heterocycles. The number of hydrogen-bond acceptors (Lipinski definition) is 7. The lowest BCUT2D eigenvalue weighted by atomic mass is 10.0. The topological polar surface area (TPSA) is 86.6 Å².